The van der Waals surface area contributed by atoms with Gasteiger partial charge in [0, 0.05) is 0 Å². The van der Waals surface area contributed by atoms with Gasteiger partial charge in [0.2, 0.25) is 0 Å². The number of hydrogen-bond donors (Lipinski definition) is 0. The Morgan fingerprint density at radius 2 is 1.33 bits per heavy atom. The fourth-order valence-electron chi connectivity index (χ4n) is 4.30. The minimum atomic E-state index is -2.01. The molecule has 0 unspecified atom stereocenters. The second-order valence-electron chi connectivity index (χ2n) is 11.7. The fourth-order valence-corrected chi connectivity index (χ4v) is 5.31. The zero-order chi connectivity index (χ0) is 26.0. The quantitative estimate of drug-likeness (QED) is 0.380. The van der Waals surface area contributed by atoms with Gasteiger partial charge in [0.1, 0.15) is 24.4 Å². The summed E-state index contributed by atoms with van der Waals surface area (Å²) in [6, 6.07) is 20.3. The molecule has 0 radical (unpaired) electrons. The van der Waals surface area contributed by atoms with Gasteiger partial charge in [-0.15, -0.1) is 0 Å². The summed E-state index contributed by atoms with van der Waals surface area (Å²) in [7, 11) is -2.01. The van der Waals surface area contributed by atoms with Gasteiger partial charge in [-0.2, -0.15) is 0 Å². The first-order valence-electron chi connectivity index (χ1n) is 12.9. The molecule has 0 bridgehead atoms. The lowest BCUT2D eigenvalue weighted by Gasteiger charge is -2.44. The normalized spacial score (nSPS) is 28.1. The molecule has 2 aliphatic heterocycles. The number of fused-ring (bicyclic) bond motifs is 1. The Morgan fingerprint density at radius 3 is 1.86 bits per heavy atom. The van der Waals surface area contributed by atoms with Crippen LogP contribution in [0, 0.1) is 0 Å². The lowest BCUT2D eigenvalue weighted by molar-refractivity contribution is -0.275. The Labute approximate surface area is 217 Å². The van der Waals surface area contributed by atoms with Gasteiger partial charge in [0.15, 0.2) is 20.4 Å². The van der Waals surface area contributed by atoms with Crippen molar-refractivity contribution >= 4 is 8.32 Å². The molecular formula is C29H42O6Si. The molecule has 2 fully saturated rings. The summed E-state index contributed by atoms with van der Waals surface area (Å²) in [5.74, 6) is -0.775. The fraction of sp³-hybridized carbons (Fsp3) is 0.586. The molecule has 0 amide bonds. The van der Waals surface area contributed by atoms with Crippen molar-refractivity contribution in [2.24, 2.45) is 0 Å². The second kappa shape index (κ2) is 11.0. The SMILES string of the molecule is CC1(C)O[C@@H]2O[C@H](CO[Si](C)(C)C(C)(C)C)[C@@H](OCc3ccccc3)[C@H](OCc3ccccc3)[C@@H]2O1. The Bertz CT molecular complexity index is 959. The van der Waals surface area contributed by atoms with Gasteiger partial charge in [0.25, 0.3) is 0 Å². The van der Waals surface area contributed by atoms with Crippen LogP contribution in [0.15, 0.2) is 60.7 Å². The minimum absolute atomic E-state index is 0.0861. The highest BCUT2D eigenvalue weighted by Gasteiger charge is 2.56. The molecular weight excluding hydrogens is 472 g/mol. The summed E-state index contributed by atoms with van der Waals surface area (Å²) in [6.07, 6.45) is -2.10. The third-order valence-electron chi connectivity index (χ3n) is 7.40. The van der Waals surface area contributed by atoms with E-state index in [9.17, 15) is 0 Å². The highest BCUT2D eigenvalue weighted by atomic mass is 28.4. The molecule has 0 aliphatic carbocycles. The molecule has 0 N–H and O–H groups in total. The summed E-state index contributed by atoms with van der Waals surface area (Å²) < 4.78 is 38.7. The Balaban J connectivity index is 1.59. The lowest BCUT2D eigenvalue weighted by Crippen LogP contribution is -2.60. The van der Waals surface area contributed by atoms with Gasteiger partial charge >= 0.3 is 0 Å². The summed E-state index contributed by atoms with van der Waals surface area (Å²) in [6.45, 7) is 16.3. The first-order valence-corrected chi connectivity index (χ1v) is 15.8. The van der Waals surface area contributed by atoms with E-state index < -0.39 is 32.6 Å². The van der Waals surface area contributed by atoms with E-state index in [1.807, 2.05) is 50.2 Å². The number of rotatable bonds is 9. The van der Waals surface area contributed by atoms with E-state index in [2.05, 4.69) is 58.1 Å². The van der Waals surface area contributed by atoms with Crippen LogP contribution in [0.2, 0.25) is 18.1 Å². The summed E-state index contributed by atoms with van der Waals surface area (Å²) in [5, 5.41) is 0.0861. The molecule has 7 heteroatoms. The molecule has 2 aliphatic rings. The van der Waals surface area contributed by atoms with Crippen LogP contribution in [-0.2, 0) is 41.3 Å². The average Bonchev–Trinajstić information content (AvgIpc) is 3.14. The predicted octanol–water partition coefficient (Wildman–Crippen LogP) is 6.06. The Morgan fingerprint density at radius 1 is 0.806 bits per heavy atom. The van der Waals surface area contributed by atoms with Crippen molar-refractivity contribution in [3.8, 4) is 0 Å². The average molecular weight is 515 g/mol. The van der Waals surface area contributed by atoms with Gasteiger partial charge < -0.3 is 28.1 Å². The third-order valence-corrected chi connectivity index (χ3v) is 11.9. The molecule has 0 spiro atoms. The molecule has 198 valence electrons. The summed E-state index contributed by atoms with van der Waals surface area (Å²) in [5.41, 5.74) is 2.18. The minimum Gasteiger partial charge on any atom is -0.414 e. The zero-order valence-corrected chi connectivity index (χ0v) is 23.7. The van der Waals surface area contributed by atoms with Crippen LogP contribution in [0.5, 0.6) is 0 Å². The largest absolute Gasteiger partial charge is 0.414 e. The first-order chi connectivity index (χ1) is 17.0. The van der Waals surface area contributed by atoms with Crippen molar-refractivity contribution in [1.29, 1.82) is 0 Å². The highest BCUT2D eigenvalue weighted by molar-refractivity contribution is 6.74. The topological polar surface area (TPSA) is 55.4 Å². The Hall–Kier alpha value is -1.58. The molecule has 36 heavy (non-hydrogen) atoms. The van der Waals surface area contributed by atoms with Gasteiger partial charge in [-0.05, 0) is 43.1 Å². The van der Waals surface area contributed by atoms with Crippen LogP contribution in [0.25, 0.3) is 0 Å². The van der Waals surface area contributed by atoms with Crippen LogP contribution < -0.4 is 0 Å². The van der Waals surface area contributed by atoms with Crippen molar-refractivity contribution in [2.75, 3.05) is 6.61 Å². The van der Waals surface area contributed by atoms with Crippen molar-refractivity contribution in [1.82, 2.24) is 0 Å². The standard InChI is InChI=1S/C29H42O6Si/c1-28(2,3)36(6,7)32-20-23-24(30-18-21-14-10-8-11-15-21)25(31-19-22-16-12-9-13-17-22)26-27(33-23)35-29(4,5)34-26/h8-17,23-27H,18-20H2,1-7H3/t23-,24-,25+,26+,27+/m1/s1. The number of benzene rings is 2. The van der Waals surface area contributed by atoms with E-state index in [-0.39, 0.29) is 17.2 Å². The summed E-state index contributed by atoms with van der Waals surface area (Å²) >= 11 is 0. The highest BCUT2D eigenvalue weighted by Crippen LogP contribution is 2.41. The van der Waals surface area contributed by atoms with Crippen LogP contribution in [-0.4, -0.2) is 51.4 Å². The maximum absolute atomic E-state index is 6.61. The van der Waals surface area contributed by atoms with Crippen LogP contribution in [0.3, 0.4) is 0 Å². The Kier molecular flexibility index (Phi) is 8.41. The molecule has 6 nitrogen and oxygen atoms in total. The first kappa shape index (κ1) is 27.5. The molecule has 2 aromatic rings. The predicted molar refractivity (Wildman–Crippen MR) is 142 cm³/mol. The van der Waals surface area contributed by atoms with Gasteiger partial charge in [-0.1, -0.05) is 81.4 Å². The van der Waals surface area contributed by atoms with Crippen molar-refractivity contribution < 1.29 is 28.1 Å². The zero-order valence-electron chi connectivity index (χ0n) is 22.7. The van der Waals surface area contributed by atoms with Crippen LogP contribution in [0.1, 0.15) is 45.7 Å². The summed E-state index contributed by atoms with van der Waals surface area (Å²) in [4.78, 5) is 0. The maximum Gasteiger partial charge on any atom is 0.192 e. The molecule has 2 aromatic carbocycles. The molecule has 4 rings (SSSR count). The third kappa shape index (κ3) is 6.64. The van der Waals surface area contributed by atoms with E-state index in [1.165, 1.54) is 0 Å². The van der Waals surface area contributed by atoms with E-state index >= 15 is 0 Å². The van der Waals surface area contributed by atoms with Crippen LogP contribution >= 0.6 is 0 Å². The van der Waals surface area contributed by atoms with E-state index in [1.54, 1.807) is 0 Å². The van der Waals surface area contributed by atoms with E-state index in [4.69, 9.17) is 28.1 Å². The van der Waals surface area contributed by atoms with Gasteiger partial charge in [0.05, 0.1) is 19.8 Å². The maximum atomic E-state index is 6.61. The molecule has 0 saturated carbocycles. The van der Waals surface area contributed by atoms with Crippen molar-refractivity contribution in [3.63, 3.8) is 0 Å². The van der Waals surface area contributed by atoms with Crippen molar-refractivity contribution in [3.05, 3.63) is 71.8 Å². The van der Waals surface area contributed by atoms with E-state index in [0.29, 0.717) is 19.8 Å². The molecule has 0 aromatic heterocycles. The lowest BCUT2D eigenvalue weighted by atomic mass is 9.98. The molecule has 2 saturated heterocycles. The van der Waals surface area contributed by atoms with Gasteiger partial charge in [-0.25, -0.2) is 0 Å². The monoisotopic (exact) mass is 514 g/mol. The second-order valence-corrected chi connectivity index (χ2v) is 16.5. The van der Waals surface area contributed by atoms with E-state index in [0.717, 1.165) is 11.1 Å². The van der Waals surface area contributed by atoms with Gasteiger partial charge in [-0.3, -0.25) is 0 Å². The van der Waals surface area contributed by atoms with Crippen LogP contribution in [0.4, 0.5) is 0 Å². The number of hydrogen-bond acceptors (Lipinski definition) is 6. The smallest absolute Gasteiger partial charge is 0.192 e. The molecule has 5 atom stereocenters. The molecule has 2 heterocycles. The van der Waals surface area contributed by atoms with Crippen molar-refractivity contribution in [2.45, 2.75) is 102 Å². The number of ether oxygens (including phenoxy) is 5.